The third-order valence-electron chi connectivity index (χ3n) is 5.09. The van der Waals surface area contributed by atoms with E-state index in [1.807, 2.05) is 0 Å². The first-order valence-electron chi connectivity index (χ1n) is 9.13. The number of ether oxygens (including phenoxy) is 1. The van der Waals surface area contributed by atoms with Gasteiger partial charge in [0.15, 0.2) is 5.58 Å². The quantitative estimate of drug-likeness (QED) is 0.527. The summed E-state index contributed by atoms with van der Waals surface area (Å²) in [4.78, 5) is 19.2. The minimum Gasteiger partial charge on any atom is -0.459 e. The standard InChI is InChI=1S/C21H20Cl2N2O3/c1-25(2)16-4-5-17(11-16)27-21(26)12-3-6-18-19(9-12)28-20(24-18)13-7-14(22)10-15(23)8-13/h3,6-10,16-17H,4-5,11H2,1-2H3/t16-,17-/m0/s1. The fourth-order valence-corrected chi connectivity index (χ4v) is 4.09. The van der Waals surface area contributed by atoms with Gasteiger partial charge in [-0.05, 0) is 69.8 Å². The number of fused-ring (bicyclic) bond motifs is 1. The monoisotopic (exact) mass is 418 g/mol. The van der Waals surface area contributed by atoms with Crippen molar-refractivity contribution in [3.05, 3.63) is 52.0 Å². The van der Waals surface area contributed by atoms with Crippen molar-refractivity contribution >= 4 is 40.3 Å². The van der Waals surface area contributed by atoms with Crippen LogP contribution in [0.5, 0.6) is 0 Å². The van der Waals surface area contributed by atoms with Gasteiger partial charge in [0.1, 0.15) is 11.6 Å². The summed E-state index contributed by atoms with van der Waals surface area (Å²) >= 11 is 12.1. The lowest BCUT2D eigenvalue weighted by Crippen LogP contribution is -2.26. The summed E-state index contributed by atoms with van der Waals surface area (Å²) in [5.74, 6) is 0.0598. The van der Waals surface area contributed by atoms with Gasteiger partial charge in [-0.3, -0.25) is 0 Å². The van der Waals surface area contributed by atoms with Crippen molar-refractivity contribution < 1.29 is 13.9 Å². The molecule has 28 heavy (non-hydrogen) atoms. The maximum absolute atomic E-state index is 12.6. The average Bonchev–Trinajstić information content (AvgIpc) is 3.26. The van der Waals surface area contributed by atoms with Crippen LogP contribution in [0, 0.1) is 0 Å². The molecule has 5 nitrogen and oxygen atoms in total. The van der Waals surface area contributed by atoms with E-state index in [1.54, 1.807) is 36.4 Å². The number of esters is 1. The summed E-state index contributed by atoms with van der Waals surface area (Å²) in [6.45, 7) is 0. The summed E-state index contributed by atoms with van der Waals surface area (Å²) in [5, 5.41) is 1.00. The molecule has 4 rings (SSSR count). The molecule has 0 radical (unpaired) electrons. The molecular weight excluding hydrogens is 399 g/mol. The highest BCUT2D eigenvalue weighted by molar-refractivity contribution is 6.35. The lowest BCUT2D eigenvalue weighted by Gasteiger charge is -2.18. The van der Waals surface area contributed by atoms with Crippen molar-refractivity contribution in [1.29, 1.82) is 0 Å². The molecule has 0 saturated heterocycles. The third-order valence-corrected chi connectivity index (χ3v) is 5.53. The number of hydrogen-bond donors (Lipinski definition) is 0. The molecule has 146 valence electrons. The zero-order valence-electron chi connectivity index (χ0n) is 15.6. The molecule has 0 N–H and O–H groups in total. The van der Waals surface area contributed by atoms with E-state index in [-0.39, 0.29) is 12.1 Å². The van der Waals surface area contributed by atoms with Crippen molar-refractivity contribution in [2.45, 2.75) is 31.4 Å². The molecule has 0 amide bonds. The fourth-order valence-electron chi connectivity index (χ4n) is 3.57. The van der Waals surface area contributed by atoms with Crippen molar-refractivity contribution in [1.82, 2.24) is 9.88 Å². The largest absolute Gasteiger partial charge is 0.459 e. The summed E-state index contributed by atoms with van der Waals surface area (Å²) < 4.78 is 11.5. The normalized spacial score (nSPS) is 19.5. The number of halogens is 2. The van der Waals surface area contributed by atoms with E-state index >= 15 is 0 Å². The highest BCUT2D eigenvalue weighted by Gasteiger charge is 2.29. The molecule has 1 saturated carbocycles. The minimum absolute atomic E-state index is 0.0468. The maximum Gasteiger partial charge on any atom is 0.338 e. The molecule has 3 aromatic rings. The Balaban J connectivity index is 1.54. The van der Waals surface area contributed by atoms with E-state index in [0.717, 1.165) is 19.3 Å². The van der Waals surface area contributed by atoms with Gasteiger partial charge in [-0.25, -0.2) is 9.78 Å². The van der Waals surface area contributed by atoms with E-state index in [0.29, 0.717) is 44.2 Å². The Morgan fingerprint density at radius 3 is 2.57 bits per heavy atom. The van der Waals surface area contributed by atoms with Crippen LogP contribution in [0.15, 0.2) is 40.8 Å². The lowest BCUT2D eigenvalue weighted by molar-refractivity contribution is 0.0304. The number of carbonyl (C=O) groups excluding carboxylic acids is 1. The summed E-state index contributed by atoms with van der Waals surface area (Å²) in [7, 11) is 4.11. The van der Waals surface area contributed by atoms with E-state index in [1.165, 1.54) is 0 Å². The highest BCUT2D eigenvalue weighted by atomic mass is 35.5. The zero-order chi connectivity index (χ0) is 19.8. The molecule has 0 aliphatic heterocycles. The molecule has 1 aliphatic rings. The molecule has 1 aromatic heterocycles. The Bertz CT molecular complexity index is 1010. The van der Waals surface area contributed by atoms with E-state index in [9.17, 15) is 4.79 Å². The molecule has 2 aromatic carbocycles. The minimum atomic E-state index is -0.338. The maximum atomic E-state index is 12.6. The number of nitrogens with zero attached hydrogens (tertiary/aromatic N) is 2. The Labute approximate surface area is 173 Å². The molecule has 1 aliphatic carbocycles. The smallest absolute Gasteiger partial charge is 0.338 e. The first-order chi connectivity index (χ1) is 13.4. The molecule has 0 spiro atoms. The van der Waals surface area contributed by atoms with Crippen LogP contribution in [-0.4, -0.2) is 42.1 Å². The van der Waals surface area contributed by atoms with Gasteiger partial charge in [0, 0.05) is 21.7 Å². The van der Waals surface area contributed by atoms with Crippen molar-refractivity contribution in [2.75, 3.05) is 14.1 Å². The van der Waals surface area contributed by atoms with Crippen LogP contribution in [0.25, 0.3) is 22.6 Å². The second-order valence-corrected chi connectivity index (χ2v) is 8.19. The van der Waals surface area contributed by atoms with Crippen molar-refractivity contribution in [3.8, 4) is 11.5 Å². The van der Waals surface area contributed by atoms with Gasteiger partial charge in [0.25, 0.3) is 0 Å². The predicted octanol–water partition coefficient (Wildman–Crippen LogP) is 5.44. The van der Waals surface area contributed by atoms with Gasteiger partial charge in [-0.1, -0.05) is 23.2 Å². The topological polar surface area (TPSA) is 55.6 Å². The lowest BCUT2D eigenvalue weighted by atomic mass is 10.2. The van der Waals surface area contributed by atoms with Crippen LogP contribution >= 0.6 is 23.2 Å². The first kappa shape index (κ1) is 19.2. The number of oxazole rings is 1. The summed E-state index contributed by atoms with van der Waals surface area (Å²) in [6.07, 6.45) is 2.74. The van der Waals surface area contributed by atoms with E-state index in [4.69, 9.17) is 32.4 Å². The molecule has 2 atom stereocenters. The van der Waals surface area contributed by atoms with Crippen LogP contribution in [0.3, 0.4) is 0 Å². The Kier molecular flexibility index (Phi) is 5.32. The van der Waals surface area contributed by atoms with E-state index in [2.05, 4.69) is 24.0 Å². The van der Waals surface area contributed by atoms with Crippen LogP contribution in [0.4, 0.5) is 0 Å². The fraction of sp³-hybridized carbons (Fsp3) is 0.333. The number of aromatic nitrogens is 1. The van der Waals surface area contributed by atoms with Crippen molar-refractivity contribution in [3.63, 3.8) is 0 Å². The molecule has 0 bridgehead atoms. The molecule has 1 heterocycles. The van der Waals surface area contributed by atoms with Gasteiger partial charge >= 0.3 is 5.97 Å². The highest BCUT2D eigenvalue weighted by Crippen LogP contribution is 2.30. The van der Waals surface area contributed by atoms with Crippen LogP contribution in [0.1, 0.15) is 29.6 Å². The number of rotatable bonds is 4. The average molecular weight is 419 g/mol. The third kappa shape index (κ3) is 4.02. The molecule has 0 unspecified atom stereocenters. The second kappa shape index (κ2) is 7.74. The van der Waals surface area contributed by atoms with Gasteiger partial charge in [-0.2, -0.15) is 0 Å². The Hall–Kier alpha value is -2.08. The van der Waals surface area contributed by atoms with Gasteiger partial charge in [0.2, 0.25) is 5.89 Å². The molecular formula is C21H20Cl2N2O3. The van der Waals surface area contributed by atoms with Crippen LogP contribution in [-0.2, 0) is 4.74 Å². The van der Waals surface area contributed by atoms with Gasteiger partial charge < -0.3 is 14.1 Å². The number of carbonyl (C=O) groups is 1. The zero-order valence-corrected chi connectivity index (χ0v) is 17.1. The SMILES string of the molecule is CN(C)[C@H]1CC[C@H](OC(=O)c2ccc3nc(-c4cc(Cl)cc(Cl)c4)oc3c2)C1. The predicted molar refractivity (Wildman–Crippen MR) is 110 cm³/mol. The number of benzene rings is 2. The Morgan fingerprint density at radius 1 is 1.14 bits per heavy atom. The van der Waals surface area contributed by atoms with Gasteiger partial charge in [-0.15, -0.1) is 0 Å². The van der Waals surface area contributed by atoms with Crippen LogP contribution in [0.2, 0.25) is 10.0 Å². The summed E-state index contributed by atoms with van der Waals surface area (Å²) in [6, 6.07) is 10.7. The van der Waals surface area contributed by atoms with Gasteiger partial charge in [0.05, 0.1) is 5.56 Å². The first-order valence-corrected chi connectivity index (χ1v) is 9.89. The summed E-state index contributed by atoms with van der Waals surface area (Å²) in [5.41, 5.74) is 2.29. The van der Waals surface area contributed by atoms with Crippen molar-refractivity contribution in [2.24, 2.45) is 0 Å². The second-order valence-electron chi connectivity index (χ2n) is 7.32. The Morgan fingerprint density at radius 2 is 1.89 bits per heavy atom. The van der Waals surface area contributed by atoms with Crippen LogP contribution < -0.4 is 0 Å². The van der Waals surface area contributed by atoms with E-state index < -0.39 is 0 Å². The number of hydrogen-bond acceptors (Lipinski definition) is 5. The molecule has 7 heteroatoms. The molecule has 1 fully saturated rings.